The van der Waals surface area contributed by atoms with Crippen LogP contribution in [0.3, 0.4) is 0 Å². The minimum absolute atomic E-state index is 0.444. The highest BCUT2D eigenvalue weighted by Crippen LogP contribution is 2.30. The summed E-state index contributed by atoms with van der Waals surface area (Å²) in [5, 5.41) is 9.38. The average molecular weight is 180 g/mol. The van der Waals surface area contributed by atoms with Gasteiger partial charge in [0, 0.05) is 10.4 Å². The highest BCUT2D eigenvalue weighted by atomic mass is 32.1. The van der Waals surface area contributed by atoms with Crippen LogP contribution in [0, 0.1) is 18.3 Å². The van der Waals surface area contributed by atoms with Gasteiger partial charge in [0.05, 0.1) is 17.5 Å². The zero-order valence-electron chi connectivity index (χ0n) is 7.35. The molecule has 1 rings (SSSR count). The van der Waals surface area contributed by atoms with E-state index in [0.717, 1.165) is 17.0 Å². The predicted molar refractivity (Wildman–Crippen MR) is 52.2 cm³/mol. The summed E-state index contributed by atoms with van der Waals surface area (Å²) in [6, 6.07) is 2.14. The highest BCUT2D eigenvalue weighted by Gasteiger charge is 2.10. The Labute approximate surface area is 76.6 Å². The maximum absolute atomic E-state index is 8.57. The normalized spacial score (nSPS) is 9.75. The molecular formula is C9H12N2S. The predicted octanol–water partition coefficient (Wildman–Crippen LogP) is 2.27. The molecule has 0 unspecified atom stereocenters. The smallest absolute Gasteiger partial charge is 0.0905 e. The summed E-state index contributed by atoms with van der Waals surface area (Å²) in [6.07, 6.45) is 1.41. The maximum Gasteiger partial charge on any atom is 0.0905 e. The molecule has 0 aliphatic rings. The van der Waals surface area contributed by atoms with Gasteiger partial charge in [-0.15, -0.1) is 11.3 Å². The third-order valence-electron chi connectivity index (χ3n) is 1.96. The second kappa shape index (κ2) is 3.59. The molecule has 1 aromatic rings. The molecule has 2 nitrogen and oxygen atoms in total. The number of nitrogens with zero attached hydrogens (tertiary/aromatic N) is 1. The van der Waals surface area contributed by atoms with E-state index in [1.807, 2.05) is 0 Å². The van der Waals surface area contributed by atoms with Crippen LogP contribution in [0.1, 0.15) is 22.9 Å². The number of nitrogen functional groups attached to an aromatic ring is 1. The maximum atomic E-state index is 8.57. The van der Waals surface area contributed by atoms with Crippen molar-refractivity contribution in [3.63, 3.8) is 0 Å². The molecule has 0 spiro atoms. The first-order valence-electron chi connectivity index (χ1n) is 3.94. The lowest BCUT2D eigenvalue weighted by Crippen LogP contribution is -1.92. The number of aryl methyl sites for hydroxylation is 1. The Kier molecular flexibility index (Phi) is 2.72. The zero-order valence-corrected chi connectivity index (χ0v) is 8.16. The molecule has 3 heteroatoms. The van der Waals surface area contributed by atoms with E-state index in [0.29, 0.717) is 6.42 Å². The van der Waals surface area contributed by atoms with Crippen molar-refractivity contribution < 1.29 is 0 Å². The van der Waals surface area contributed by atoms with Gasteiger partial charge < -0.3 is 5.73 Å². The van der Waals surface area contributed by atoms with E-state index in [1.165, 1.54) is 10.4 Å². The quantitative estimate of drug-likeness (QED) is 0.759. The molecule has 0 saturated carbocycles. The SMILES string of the molecule is CCc1c(C)sc(N)c1CC#N. The molecule has 64 valence electrons. The first-order valence-corrected chi connectivity index (χ1v) is 4.75. The number of hydrogen-bond acceptors (Lipinski definition) is 3. The monoisotopic (exact) mass is 180 g/mol. The van der Waals surface area contributed by atoms with E-state index in [1.54, 1.807) is 11.3 Å². The van der Waals surface area contributed by atoms with Gasteiger partial charge in [-0.3, -0.25) is 0 Å². The fraction of sp³-hybridized carbons (Fsp3) is 0.444. The van der Waals surface area contributed by atoms with Crippen LogP contribution in [0.4, 0.5) is 5.00 Å². The van der Waals surface area contributed by atoms with Gasteiger partial charge in [0.2, 0.25) is 0 Å². The minimum Gasteiger partial charge on any atom is -0.390 e. The van der Waals surface area contributed by atoms with Crippen LogP contribution in [-0.2, 0) is 12.8 Å². The Balaban J connectivity index is 3.15. The van der Waals surface area contributed by atoms with Gasteiger partial charge in [-0.1, -0.05) is 6.92 Å². The molecule has 1 aromatic heterocycles. The number of nitrogens with two attached hydrogens (primary N) is 1. The average Bonchev–Trinajstić information content (AvgIpc) is 2.28. The molecule has 0 fully saturated rings. The molecule has 0 aliphatic carbocycles. The van der Waals surface area contributed by atoms with E-state index in [2.05, 4.69) is 19.9 Å². The van der Waals surface area contributed by atoms with Gasteiger partial charge >= 0.3 is 0 Å². The Morgan fingerprint density at radius 1 is 1.50 bits per heavy atom. The summed E-state index contributed by atoms with van der Waals surface area (Å²) in [5.41, 5.74) is 8.08. The summed E-state index contributed by atoms with van der Waals surface area (Å²) in [6.45, 7) is 4.15. The Hall–Kier alpha value is -1.01. The lowest BCUT2D eigenvalue weighted by molar-refractivity contribution is 1.08. The second-order valence-corrected chi connectivity index (χ2v) is 3.92. The van der Waals surface area contributed by atoms with Crippen LogP contribution < -0.4 is 5.73 Å². The van der Waals surface area contributed by atoms with Crippen LogP contribution in [0.2, 0.25) is 0 Å². The second-order valence-electron chi connectivity index (χ2n) is 2.67. The van der Waals surface area contributed by atoms with Crippen molar-refractivity contribution in [1.82, 2.24) is 0 Å². The number of nitriles is 1. The Morgan fingerprint density at radius 2 is 2.17 bits per heavy atom. The summed E-state index contributed by atoms with van der Waals surface area (Å²) < 4.78 is 0. The first-order chi connectivity index (χ1) is 5.70. The van der Waals surface area contributed by atoms with Crippen molar-refractivity contribution >= 4 is 16.3 Å². The fourth-order valence-corrected chi connectivity index (χ4v) is 2.42. The topological polar surface area (TPSA) is 49.8 Å². The third-order valence-corrected chi connectivity index (χ3v) is 2.98. The van der Waals surface area contributed by atoms with E-state index < -0.39 is 0 Å². The van der Waals surface area contributed by atoms with Crippen LogP contribution in [0.5, 0.6) is 0 Å². The summed E-state index contributed by atoms with van der Waals surface area (Å²) >= 11 is 1.59. The number of anilines is 1. The van der Waals surface area contributed by atoms with Crippen molar-refractivity contribution in [2.45, 2.75) is 26.7 Å². The largest absolute Gasteiger partial charge is 0.390 e. The molecule has 0 aromatic carbocycles. The highest BCUT2D eigenvalue weighted by molar-refractivity contribution is 7.16. The van der Waals surface area contributed by atoms with Gasteiger partial charge in [0.15, 0.2) is 0 Å². The van der Waals surface area contributed by atoms with Crippen LogP contribution in [0.25, 0.3) is 0 Å². The van der Waals surface area contributed by atoms with Crippen molar-refractivity contribution in [3.05, 3.63) is 16.0 Å². The molecule has 0 atom stereocenters. The van der Waals surface area contributed by atoms with Crippen LogP contribution in [0.15, 0.2) is 0 Å². The summed E-state index contributed by atoms with van der Waals surface area (Å²) in [7, 11) is 0. The lowest BCUT2D eigenvalue weighted by Gasteiger charge is -1.97. The summed E-state index contributed by atoms with van der Waals surface area (Å²) in [4.78, 5) is 1.25. The zero-order chi connectivity index (χ0) is 9.14. The molecule has 0 bridgehead atoms. The standard InChI is InChI=1S/C9H12N2S/c1-3-7-6(2)12-9(11)8(7)4-5-10/h3-4,11H2,1-2H3. The van der Waals surface area contributed by atoms with Crippen molar-refractivity contribution in [3.8, 4) is 6.07 Å². The molecule has 2 N–H and O–H groups in total. The van der Waals surface area contributed by atoms with Crippen molar-refractivity contribution in [2.75, 3.05) is 5.73 Å². The van der Waals surface area contributed by atoms with Crippen molar-refractivity contribution in [2.24, 2.45) is 0 Å². The van der Waals surface area contributed by atoms with Gasteiger partial charge in [0.1, 0.15) is 0 Å². The third kappa shape index (κ3) is 1.44. The van der Waals surface area contributed by atoms with E-state index in [9.17, 15) is 0 Å². The molecule has 0 aliphatic heterocycles. The molecule has 0 amide bonds. The van der Waals surface area contributed by atoms with E-state index >= 15 is 0 Å². The van der Waals surface area contributed by atoms with E-state index in [4.69, 9.17) is 11.0 Å². The number of hydrogen-bond donors (Lipinski definition) is 1. The fourth-order valence-electron chi connectivity index (χ4n) is 1.38. The Morgan fingerprint density at radius 3 is 2.67 bits per heavy atom. The van der Waals surface area contributed by atoms with E-state index in [-0.39, 0.29) is 0 Å². The van der Waals surface area contributed by atoms with Gasteiger partial charge in [0.25, 0.3) is 0 Å². The van der Waals surface area contributed by atoms with Gasteiger partial charge in [-0.2, -0.15) is 5.26 Å². The summed E-state index contributed by atoms with van der Waals surface area (Å²) in [5.74, 6) is 0. The van der Waals surface area contributed by atoms with Gasteiger partial charge in [-0.25, -0.2) is 0 Å². The molecule has 0 radical (unpaired) electrons. The molecule has 12 heavy (non-hydrogen) atoms. The van der Waals surface area contributed by atoms with Gasteiger partial charge in [-0.05, 0) is 18.9 Å². The minimum atomic E-state index is 0.444. The molecular weight excluding hydrogens is 168 g/mol. The Bertz CT molecular complexity index is 320. The van der Waals surface area contributed by atoms with Crippen molar-refractivity contribution in [1.29, 1.82) is 5.26 Å². The number of rotatable bonds is 2. The number of thiophene rings is 1. The van der Waals surface area contributed by atoms with Crippen LogP contribution >= 0.6 is 11.3 Å². The molecule has 0 saturated heterocycles. The van der Waals surface area contributed by atoms with Crippen LogP contribution in [-0.4, -0.2) is 0 Å². The molecule has 1 heterocycles. The lowest BCUT2D eigenvalue weighted by atomic mass is 10.1. The first kappa shape index (κ1) is 9.08.